The second-order valence-corrected chi connectivity index (χ2v) is 7.36. The summed E-state index contributed by atoms with van der Waals surface area (Å²) in [6.07, 6.45) is 6.58. The molecule has 1 heterocycles. The molecule has 5 heteroatoms. The number of carbonyl (C=O) groups excluding carboxylic acids is 1. The summed E-state index contributed by atoms with van der Waals surface area (Å²) in [4.78, 5) is 11.2. The first kappa shape index (κ1) is 15.9. The molecule has 1 aromatic rings. The van der Waals surface area contributed by atoms with Crippen LogP contribution in [-0.4, -0.2) is 32.0 Å². The van der Waals surface area contributed by atoms with Crippen LogP contribution in [0.1, 0.15) is 37.7 Å². The van der Waals surface area contributed by atoms with Crippen molar-refractivity contribution in [3.8, 4) is 0 Å². The van der Waals surface area contributed by atoms with Crippen LogP contribution in [0, 0.1) is 11.3 Å². The maximum Gasteiger partial charge on any atom is 0.411 e. The second kappa shape index (κ2) is 6.37. The van der Waals surface area contributed by atoms with Crippen LogP contribution < -0.4 is 10.6 Å². The van der Waals surface area contributed by atoms with E-state index in [1.807, 2.05) is 12.1 Å². The van der Waals surface area contributed by atoms with E-state index in [0.29, 0.717) is 23.5 Å². The summed E-state index contributed by atoms with van der Waals surface area (Å²) in [7, 11) is 1.37. The van der Waals surface area contributed by atoms with Gasteiger partial charge < -0.3 is 14.8 Å². The number of methoxy groups -OCH3 is 1. The Morgan fingerprint density at radius 3 is 2.75 bits per heavy atom. The zero-order valence-electron chi connectivity index (χ0n) is 14.2. The number of nitrogens with one attached hydrogen (secondary N) is 2. The standard InChI is InChI=1S/C19H26N2O3/c1-23-18(22)21-14-6-4-13(5-7-14)12-20-16-15-8-11-24-17(15)19(16)9-2-3-10-19/h4-7,15-17,20H,2-3,8-12H2,1H3,(H,21,22)/t15-,16-,17+/m1/s1. The van der Waals surface area contributed by atoms with Crippen molar-refractivity contribution in [2.45, 2.75) is 50.8 Å². The minimum atomic E-state index is -0.439. The van der Waals surface area contributed by atoms with Gasteiger partial charge in [0.15, 0.2) is 0 Å². The predicted octanol–water partition coefficient (Wildman–Crippen LogP) is 3.30. The maximum atomic E-state index is 11.2. The van der Waals surface area contributed by atoms with Crippen molar-refractivity contribution in [2.24, 2.45) is 11.3 Å². The number of carbonyl (C=O) groups is 1. The fourth-order valence-corrected chi connectivity index (χ4v) is 5.11. The lowest BCUT2D eigenvalue weighted by atomic mass is 9.54. The topological polar surface area (TPSA) is 59.6 Å². The van der Waals surface area contributed by atoms with Crippen molar-refractivity contribution in [3.63, 3.8) is 0 Å². The number of anilines is 1. The van der Waals surface area contributed by atoms with Gasteiger partial charge in [-0.15, -0.1) is 0 Å². The van der Waals surface area contributed by atoms with E-state index >= 15 is 0 Å². The average molecular weight is 330 g/mol. The van der Waals surface area contributed by atoms with Gasteiger partial charge in [0.1, 0.15) is 0 Å². The van der Waals surface area contributed by atoms with E-state index in [0.717, 1.165) is 18.8 Å². The number of hydrogen-bond acceptors (Lipinski definition) is 4. The molecule has 3 atom stereocenters. The van der Waals surface area contributed by atoms with E-state index in [4.69, 9.17) is 4.74 Å². The number of rotatable bonds is 4. The number of fused-ring (bicyclic) bond motifs is 2. The number of hydrogen-bond donors (Lipinski definition) is 2. The maximum absolute atomic E-state index is 11.2. The molecule has 130 valence electrons. The third kappa shape index (κ3) is 2.60. The lowest BCUT2D eigenvalue weighted by Gasteiger charge is -2.57. The van der Waals surface area contributed by atoms with Crippen molar-refractivity contribution in [1.29, 1.82) is 0 Å². The predicted molar refractivity (Wildman–Crippen MR) is 91.8 cm³/mol. The Morgan fingerprint density at radius 1 is 1.29 bits per heavy atom. The molecule has 1 aliphatic heterocycles. The third-order valence-corrected chi connectivity index (χ3v) is 6.20. The molecule has 3 aliphatic rings. The van der Waals surface area contributed by atoms with Crippen LogP contribution in [0.3, 0.4) is 0 Å². The van der Waals surface area contributed by atoms with E-state index in [2.05, 4.69) is 27.5 Å². The van der Waals surface area contributed by atoms with Gasteiger partial charge in [0.2, 0.25) is 0 Å². The first-order valence-corrected chi connectivity index (χ1v) is 9.02. The van der Waals surface area contributed by atoms with Gasteiger partial charge >= 0.3 is 6.09 Å². The van der Waals surface area contributed by atoms with Crippen LogP contribution in [-0.2, 0) is 16.0 Å². The van der Waals surface area contributed by atoms with Crippen LogP contribution in [0.5, 0.6) is 0 Å². The fourth-order valence-electron chi connectivity index (χ4n) is 5.11. The van der Waals surface area contributed by atoms with Gasteiger partial charge in [-0.25, -0.2) is 4.79 Å². The summed E-state index contributed by atoms with van der Waals surface area (Å²) in [5.74, 6) is 0.698. The van der Waals surface area contributed by atoms with Crippen molar-refractivity contribution < 1.29 is 14.3 Å². The van der Waals surface area contributed by atoms with Crippen LogP contribution >= 0.6 is 0 Å². The molecular weight excluding hydrogens is 304 g/mol. The zero-order chi connectivity index (χ0) is 16.6. The van der Waals surface area contributed by atoms with Gasteiger partial charge in [-0.3, -0.25) is 5.32 Å². The Morgan fingerprint density at radius 2 is 2.04 bits per heavy atom. The number of ether oxygens (including phenoxy) is 2. The second-order valence-electron chi connectivity index (χ2n) is 7.36. The number of benzene rings is 1. The highest BCUT2D eigenvalue weighted by molar-refractivity contribution is 5.84. The molecule has 1 spiro atoms. The van der Waals surface area contributed by atoms with Gasteiger partial charge in [-0.2, -0.15) is 0 Å². The lowest BCUT2D eigenvalue weighted by Crippen LogP contribution is -2.67. The minimum Gasteiger partial charge on any atom is -0.453 e. The van der Waals surface area contributed by atoms with E-state index in [1.165, 1.54) is 44.8 Å². The monoisotopic (exact) mass is 330 g/mol. The summed E-state index contributed by atoms with van der Waals surface area (Å²) >= 11 is 0. The summed E-state index contributed by atoms with van der Waals surface area (Å²) in [5.41, 5.74) is 2.39. The van der Waals surface area contributed by atoms with Crippen molar-refractivity contribution in [3.05, 3.63) is 29.8 Å². The van der Waals surface area contributed by atoms with E-state index in [-0.39, 0.29) is 0 Å². The molecule has 2 saturated carbocycles. The Bertz CT molecular complexity index is 595. The highest BCUT2D eigenvalue weighted by Crippen LogP contribution is 2.60. The Hall–Kier alpha value is -1.59. The third-order valence-electron chi connectivity index (χ3n) is 6.20. The lowest BCUT2D eigenvalue weighted by molar-refractivity contribution is -0.130. The quantitative estimate of drug-likeness (QED) is 0.889. The molecule has 0 aromatic heterocycles. The van der Waals surface area contributed by atoms with E-state index in [9.17, 15) is 4.79 Å². The van der Waals surface area contributed by atoms with Gasteiger partial charge in [0.05, 0.1) is 13.2 Å². The fraction of sp³-hybridized carbons (Fsp3) is 0.632. The highest BCUT2D eigenvalue weighted by atomic mass is 16.5. The molecule has 0 unspecified atom stereocenters. The Kier molecular flexibility index (Phi) is 4.22. The largest absolute Gasteiger partial charge is 0.453 e. The molecule has 5 nitrogen and oxygen atoms in total. The van der Waals surface area contributed by atoms with Gasteiger partial charge in [-0.1, -0.05) is 25.0 Å². The molecule has 0 bridgehead atoms. The molecule has 2 aliphatic carbocycles. The van der Waals surface area contributed by atoms with Gasteiger partial charge in [0, 0.05) is 36.2 Å². The molecule has 1 aromatic carbocycles. The summed E-state index contributed by atoms with van der Waals surface area (Å²) in [6.45, 7) is 1.80. The summed E-state index contributed by atoms with van der Waals surface area (Å²) < 4.78 is 10.6. The number of amides is 1. The van der Waals surface area contributed by atoms with E-state index < -0.39 is 6.09 Å². The molecule has 4 rings (SSSR count). The van der Waals surface area contributed by atoms with E-state index in [1.54, 1.807) is 0 Å². The molecule has 1 amide bonds. The molecule has 0 radical (unpaired) electrons. The molecule has 2 N–H and O–H groups in total. The van der Waals surface area contributed by atoms with Crippen LogP contribution in [0.15, 0.2) is 24.3 Å². The highest BCUT2D eigenvalue weighted by Gasteiger charge is 2.64. The van der Waals surface area contributed by atoms with Crippen LogP contribution in [0.25, 0.3) is 0 Å². The zero-order valence-corrected chi connectivity index (χ0v) is 14.2. The Balaban J connectivity index is 1.37. The van der Waals surface area contributed by atoms with Gasteiger partial charge in [0.25, 0.3) is 0 Å². The first-order valence-electron chi connectivity index (χ1n) is 9.02. The van der Waals surface area contributed by atoms with Crippen molar-refractivity contribution in [1.82, 2.24) is 5.32 Å². The first-order chi connectivity index (χ1) is 11.7. The molecule has 24 heavy (non-hydrogen) atoms. The van der Waals surface area contributed by atoms with Gasteiger partial charge in [-0.05, 0) is 37.0 Å². The molecule has 3 fully saturated rings. The summed E-state index contributed by atoms with van der Waals surface area (Å²) in [5, 5.41) is 6.50. The van der Waals surface area contributed by atoms with Crippen LogP contribution in [0.2, 0.25) is 0 Å². The average Bonchev–Trinajstić information content (AvgIpc) is 3.25. The van der Waals surface area contributed by atoms with Crippen LogP contribution in [0.4, 0.5) is 10.5 Å². The van der Waals surface area contributed by atoms with Crippen molar-refractivity contribution >= 4 is 11.8 Å². The summed E-state index contributed by atoms with van der Waals surface area (Å²) in [6, 6.07) is 8.55. The smallest absolute Gasteiger partial charge is 0.411 e. The SMILES string of the molecule is COC(=O)Nc1ccc(CN[C@@H]2[C@H]3CCO[C@@H]3C23CCCC3)cc1. The normalized spacial score (nSPS) is 30.0. The molecular formula is C19H26N2O3. The Labute approximate surface area is 143 Å². The molecule has 1 saturated heterocycles. The van der Waals surface area contributed by atoms with Crippen molar-refractivity contribution in [2.75, 3.05) is 19.0 Å². The minimum absolute atomic E-state index is 0.396.